The van der Waals surface area contributed by atoms with Gasteiger partial charge in [-0.05, 0) is 41.5 Å². The van der Waals surface area contributed by atoms with Crippen LogP contribution in [0.15, 0.2) is 36.5 Å². The van der Waals surface area contributed by atoms with Crippen molar-refractivity contribution in [2.24, 2.45) is 0 Å². The number of rotatable bonds is 0. The van der Waals surface area contributed by atoms with E-state index in [-0.39, 0.29) is 11.5 Å². The molecular formula is C17H15NO2. The first kappa shape index (κ1) is 11.5. The van der Waals surface area contributed by atoms with E-state index in [0.29, 0.717) is 5.75 Å². The minimum Gasteiger partial charge on any atom is -0.508 e. The standard InChI is InChI=1S/C17H15NO2/c1-17(2)13-9-11(19)6-5-10(13)8-12-15-14(20-16(12)17)4-3-7-18-15/h3-9,16,19H,1-2H3. The van der Waals surface area contributed by atoms with Crippen molar-refractivity contribution in [1.82, 2.24) is 4.98 Å². The summed E-state index contributed by atoms with van der Waals surface area (Å²) < 4.78 is 6.11. The first-order valence-electron chi connectivity index (χ1n) is 6.74. The van der Waals surface area contributed by atoms with Crippen LogP contribution in [0.5, 0.6) is 11.5 Å². The van der Waals surface area contributed by atoms with Gasteiger partial charge in [0.1, 0.15) is 23.3 Å². The lowest BCUT2D eigenvalue weighted by Crippen LogP contribution is -2.39. The van der Waals surface area contributed by atoms with Gasteiger partial charge in [-0.3, -0.25) is 4.98 Å². The van der Waals surface area contributed by atoms with Gasteiger partial charge in [-0.25, -0.2) is 0 Å². The Balaban J connectivity index is 1.98. The largest absolute Gasteiger partial charge is 0.508 e. The highest BCUT2D eigenvalue weighted by molar-refractivity contribution is 5.91. The van der Waals surface area contributed by atoms with Gasteiger partial charge in [0, 0.05) is 17.2 Å². The molecule has 3 heteroatoms. The first-order chi connectivity index (χ1) is 9.57. The first-order valence-corrected chi connectivity index (χ1v) is 6.74. The maximum atomic E-state index is 9.76. The van der Waals surface area contributed by atoms with Crippen LogP contribution in [0.4, 0.5) is 0 Å². The number of phenolic OH excluding ortho intramolecular Hbond substituents is 1. The number of hydrogen-bond acceptors (Lipinski definition) is 3. The van der Waals surface area contributed by atoms with E-state index < -0.39 is 0 Å². The zero-order valence-electron chi connectivity index (χ0n) is 11.4. The predicted octanol–water partition coefficient (Wildman–Crippen LogP) is 3.38. The minimum atomic E-state index is -0.209. The van der Waals surface area contributed by atoms with Crippen LogP contribution >= 0.6 is 0 Å². The molecule has 20 heavy (non-hydrogen) atoms. The third-order valence-electron chi connectivity index (χ3n) is 4.27. The number of nitrogens with zero attached hydrogens (tertiary/aromatic N) is 1. The summed E-state index contributed by atoms with van der Waals surface area (Å²) in [5.41, 5.74) is 4.09. The summed E-state index contributed by atoms with van der Waals surface area (Å²) in [7, 11) is 0. The molecule has 1 N–H and O–H groups in total. The van der Waals surface area contributed by atoms with E-state index in [4.69, 9.17) is 4.74 Å². The van der Waals surface area contributed by atoms with E-state index in [1.165, 1.54) is 0 Å². The Labute approximate surface area is 117 Å². The van der Waals surface area contributed by atoms with Gasteiger partial charge in [0.05, 0.1) is 0 Å². The molecule has 100 valence electrons. The lowest BCUT2D eigenvalue weighted by molar-refractivity contribution is 0.190. The molecule has 1 aliphatic heterocycles. The Kier molecular flexibility index (Phi) is 2.09. The molecule has 0 saturated carbocycles. The number of hydrogen-bond donors (Lipinski definition) is 1. The third-order valence-corrected chi connectivity index (χ3v) is 4.27. The second-order valence-electron chi connectivity index (χ2n) is 5.94. The van der Waals surface area contributed by atoms with Crippen LogP contribution in [0.1, 0.15) is 30.7 Å². The summed E-state index contributed by atoms with van der Waals surface area (Å²) >= 11 is 0. The van der Waals surface area contributed by atoms with Gasteiger partial charge in [-0.15, -0.1) is 0 Å². The number of pyridine rings is 1. The molecule has 0 saturated heterocycles. The molecule has 1 unspecified atom stereocenters. The number of ether oxygens (including phenoxy) is 1. The average Bonchev–Trinajstić information content (AvgIpc) is 2.80. The Bertz CT molecular complexity index is 746. The van der Waals surface area contributed by atoms with Gasteiger partial charge in [0.25, 0.3) is 0 Å². The second-order valence-corrected chi connectivity index (χ2v) is 5.94. The molecule has 0 amide bonds. The molecule has 2 aromatic rings. The normalized spacial score (nSPS) is 21.3. The fourth-order valence-corrected chi connectivity index (χ4v) is 3.23. The molecule has 1 aromatic carbocycles. The van der Waals surface area contributed by atoms with Gasteiger partial charge in [-0.2, -0.15) is 0 Å². The average molecular weight is 265 g/mol. The Morgan fingerprint density at radius 1 is 1.25 bits per heavy atom. The maximum absolute atomic E-state index is 9.76. The Morgan fingerprint density at radius 2 is 2.10 bits per heavy atom. The van der Waals surface area contributed by atoms with Crippen molar-refractivity contribution in [2.45, 2.75) is 25.4 Å². The number of aromatic nitrogens is 1. The highest BCUT2D eigenvalue weighted by atomic mass is 16.5. The SMILES string of the molecule is CC1(C)c2cc(O)ccc2C=C2c3ncccc3OC21. The number of benzene rings is 1. The molecule has 2 aliphatic rings. The highest BCUT2D eigenvalue weighted by Crippen LogP contribution is 2.49. The van der Waals surface area contributed by atoms with Crippen molar-refractivity contribution < 1.29 is 9.84 Å². The van der Waals surface area contributed by atoms with Crippen LogP contribution in [0.2, 0.25) is 0 Å². The molecule has 1 aromatic heterocycles. The van der Waals surface area contributed by atoms with E-state index in [9.17, 15) is 5.11 Å². The molecule has 1 aliphatic carbocycles. The van der Waals surface area contributed by atoms with E-state index in [0.717, 1.165) is 28.1 Å². The van der Waals surface area contributed by atoms with Crippen molar-refractivity contribution in [3.8, 4) is 11.5 Å². The molecule has 3 nitrogen and oxygen atoms in total. The van der Waals surface area contributed by atoms with Gasteiger partial charge < -0.3 is 9.84 Å². The Hall–Kier alpha value is -2.29. The summed E-state index contributed by atoms with van der Waals surface area (Å²) in [6.45, 7) is 4.30. The van der Waals surface area contributed by atoms with Crippen molar-refractivity contribution in [3.63, 3.8) is 0 Å². The molecule has 4 rings (SSSR count). The number of aromatic hydroxyl groups is 1. The van der Waals surface area contributed by atoms with Crippen molar-refractivity contribution >= 4 is 11.6 Å². The van der Waals surface area contributed by atoms with Crippen LogP contribution in [-0.4, -0.2) is 16.2 Å². The molecular weight excluding hydrogens is 250 g/mol. The van der Waals surface area contributed by atoms with Crippen molar-refractivity contribution in [3.05, 3.63) is 53.3 Å². The van der Waals surface area contributed by atoms with Crippen LogP contribution < -0.4 is 4.74 Å². The van der Waals surface area contributed by atoms with E-state index in [2.05, 4.69) is 24.9 Å². The molecule has 1 atom stereocenters. The molecule has 2 heterocycles. The third kappa shape index (κ3) is 1.38. The molecule has 0 bridgehead atoms. The van der Waals surface area contributed by atoms with Crippen LogP contribution in [0, 0.1) is 0 Å². The fraction of sp³-hybridized carbons (Fsp3) is 0.235. The van der Waals surface area contributed by atoms with Crippen LogP contribution in [-0.2, 0) is 5.41 Å². The smallest absolute Gasteiger partial charge is 0.146 e. The topological polar surface area (TPSA) is 42.4 Å². The van der Waals surface area contributed by atoms with Gasteiger partial charge in [0.15, 0.2) is 0 Å². The molecule has 0 spiro atoms. The summed E-state index contributed by atoms with van der Waals surface area (Å²) in [6, 6.07) is 9.36. The summed E-state index contributed by atoms with van der Waals surface area (Å²) in [5, 5.41) is 9.76. The minimum absolute atomic E-state index is 0.0540. The Morgan fingerprint density at radius 3 is 2.95 bits per heavy atom. The maximum Gasteiger partial charge on any atom is 0.146 e. The monoisotopic (exact) mass is 265 g/mol. The number of phenols is 1. The molecule has 0 fully saturated rings. The molecule has 0 radical (unpaired) electrons. The van der Waals surface area contributed by atoms with E-state index in [1.54, 1.807) is 12.3 Å². The summed E-state index contributed by atoms with van der Waals surface area (Å²) in [4.78, 5) is 4.46. The summed E-state index contributed by atoms with van der Waals surface area (Å²) in [6.07, 6.45) is 3.87. The predicted molar refractivity (Wildman–Crippen MR) is 77.7 cm³/mol. The van der Waals surface area contributed by atoms with Gasteiger partial charge in [0.2, 0.25) is 0 Å². The van der Waals surface area contributed by atoms with Crippen LogP contribution in [0.25, 0.3) is 11.6 Å². The van der Waals surface area contributed by atoms with E-state index >= 15 is 0 Å². The van der Waals surface area contributed by atoms with Crippen molar-refractivity contribution in [2.75, 3.05) is 0 Å². The zero-order valence-corrected chi connectivity index (χ0v) is 11.4. The second kappa shape index (κ2) is 3.63. The number of fused-ring (bicyclic) bond motifs is 4. The zero-order chi connectivity index (χ0) is 13.9. The lowest BCUT2D eigenvalue weighted by atomic mass is 9.70. The van der Waals surface area contributed by atoms with Gasteiger partial charge in [-0.1, -0.05) is 19.9 Å². The van der Waals surface area contributed by atoms with Crippen molar-refractivity contribution in [1.29, 1.82) is 0 Å². The summed E-state index contributed by atoms with van der Waals surface area (Å²) in [5.74, 6) is 1.14. The van der Waals surface area contributed by atoms with E-state index in [1.807, 2.05) is 24.3 Å². The van der Waals surface area contributed by atoms with Crippen LogP contribution in [0.3, 0.4) is 0 Å². The highest BCUT2D eigenvalue weighted by Gasteiger charge is 2.45. The van der Waals surface area contributed by atoms with Gasteiger partial charge >= 0.3 is 0 Å². The fourth-order valence-electron chi connectivity index (χ4n) is 3.23. The lowest BCUT2D eigenvalue weighted by Gasteiger charge is -2.36. The quantitative estimate of drug-likeness (QED) is 0.794.